The van der Waals surface area contributed by atoms with Crippen molar-refractivity contribution in [3.05, 3.63) is 39.6 Å². The molecule has 0 unspecified atom stereocenters. The summed E-state index contributed by atoms with van der Waals surface area (Å²) in [5, 5.41) is 0.847. The van der Waals surface area contributed by atoms with Gasteiger partial charge in [-0.15, -0.1) is 0 Å². The molecule has 0 aliphatic rings. The van der Waals surface area contributed by atoms with E-state index in [2.05, 4.69) is 0 Å². The molecule has 0 atom stereocenters. The third-order valence-corrected chi connectivity index (χ3v) is 3.84. The Labute approximate surface area is 103 Å². The molecule has 0 saturated heterocycles. The van der Waals surface area contributed by atoms with E-state index in [1.54, 1.807) is 23.7 Å². The number of nitrogens with zero attached hydrogens (tertiary/aromatic N) is 1. The van der Waals surface area contributed by atoms with E-state index >= 15 is 0 Å². The molecule has 6 heteroatoms. The predicted octanol–water partition coefficient (Wildman–Crippen LogP) is 1.60. The highest BCUT2D eigenvalue weighted by molar-refractivity contribution is 7.90. The molecule has 4 nitrogen and oxygen atoms in total. The van der Waals surface area contributed by atoms with Gasteiger partial charge in [0.05, 0.1) is 5.52 Å². The summed E-state index contributed by atoms with van der Waals surface area (Å²) in [5.74, 6) is 0. The molecule has 2 rings (SSSR count). The Morgan fingerprint density at radius 2 is 1.94 bits per heavy atom. The van der Waals surface area contributed by atoms with Gasteiger partial charge in [-0.2, -0.15) is 0 Å². The number of rotatable bonds is 1. The van der Waals surface area contributed by atoms with Crippen molar-refractivity contribution < 1.29 is 8.42 Å². The Hall–Kier alpha value is -1.33. The molecule has 1 aromatic carbocycles. The summed E-state index contributed by atoms with van der Waals surface area (Å²) < 4.78 is 24.5. The predicted molar refractivity (Wildman–Crippen MR) is 67.3 cm³/mol. The Bertz CT molecular complexity index is 762. The first-order valence-electron chi connectivity index (χ1n) is 4.79. The summed E-state index contributed by atoms with van der Waals surface area (Å²) >= 11 is 5.84. The summed E-state index contributed by atoms with van der Waals surface area (Å²) in [4.78, 5) is 11.8. The molecule has 0 bridgehead atoms. The number of halogens is 1. The van der Waals surface area contributed by atoms with Crippen LogP contribution in [-0.4, -0.2) is 19.2 Å². The van der Waals surface area contributed by atoms with Crippen LogP contribution in [-0.2, 0) is 16.9 Å². The van der Waals surface area contributed by atoms with Crippen molar-refractivity contribution in [3.63, 3.8) is 0 Å². The molecular formula is C11H10ClNO3S. The number of pyridine rings is 1. The first kappa shape index (κ1) is 12.1. The van der Waals surface area contributed by atoms with Crippen molar-refractivity contribution in [2.45, 2.75) is 4.90 Å². The molecule has 0 amide bonds. The minimum Gasteiger partial charge on any atom is -0.349 e. The summed E-state index contributed by atoms with van der Waals surface area (Å²) in [6.07, 6.45) is 2.34. The number of benzene rings is 1. The lowest BCUT2D eigenvalue weighted by Gasteiger charge is -2.08. The molecule has 0 spiro atoms. The summed E-state index contributed by atoms with van der Waals surface area (Å²) in [5.41, 5.74) is 0.118. The van der Waals surface area contributed by atoms with Gasteiger partial charge in [0.15, 0.2) is 9.84 Å². The second-order valence-electron chi connectivity index (χ2n) is 3.87. The first-order valence-corrected chi connectivity index (χ1v) is 7.06. The zero-order valence-corrected chi connectivity index (χ0v) is 10.8. The average Bonchev–Trinajstić information content (AvgIpc) is 2.21. The van der Waals surface area contributed by atoms with E-state index < -0.39 is 15.3 Å². The second kappa shape index (κ2) is 3.85. The van der Waals surface area contributed by atoms with Crippen molar-refractivity contribution in [1.29, 1.82) is 0 Å². The first-order chi connectivity index (χ1) is 7.80. The minimum absolute atomic E-state index is 0.199. The van der Waals surface area contributed by atoms with Gasteiger partial charge in [0.1, 0.15) is 4.90 Å². The topological polar surface area (TPSA) is 56.1 Å². The fraction of sp³-hybridized carbons (Fsp3) is 0.182. The smallest absolute Gasteiger partial charge is 0.208 e. The zero-order valence-electron chi connectivity index (χ0n) is 9.27. The van der Waals surface area contributed by atoms with E-state index in [1.165, 1.54) is 12.3 Å². The van der Waals surface area contributed by atoms with E-state index in [-0.39, 0.29) is 4.90 Å². The number of fused-ring (bicyclic) bond motifs is 1. The Kier molecular flexibility index (Phi) is 2.75. The quantitative estimate of drug-likeness (QED) is 0.792. The van der Waals surface area contributed by atoms with Gasteiger partial charge in [0.25, 0.3) is 0 Å². The number of hydrogen-bond donors (Lipinski definition) is 0. The highest BCUT2D eigenvalue weighted by atomic mass is 35.5. The molecule has 0 aliphatic carbocycles. The minimum atomic E-state index is -3.52. The molecule has 0 N–H and O–H groups in total. The summed E-state index contributed by atoms with van der Waals surface area (Å²) in [6, 6.07) is 4.73. The fourth-order valence-corrected chi connectivity index (χ4v) is 2.65. The molecule has 90 valence electrons. The molecule has 2 aromatic rings. The van der Waals surface area contributed by atoms with Crippen LogP contribution in [0.5, 0.6) is 0 Å². The number of hydrogen-bond acceptors (Lipinski definition) is 3. The average molecular weight is 272 g/mol. The van der Waals surface area contributed by atoms with Crippen molar-refractivity contribution in [3.8, 4) is 0 Å². The summed E-state index contributed by atoms with van der Waals surface area (Å²) in [6.45, 7) is 0. The van der Waals surface area contributed by atoms with Crippen LogP contribution in [0.15, 0.2) is 34.1 Å². The SMILES string of the molecule is Cn1cc(S(C)(=O)=O)c(=O)c2ccc(Cl)cc21. The van der Waals surface area contributed by atoms with Crippen molar-refractivity contribution in [2.75, 3.05) is 6.26 Å². The number of aryl methyl sites for hydroxylation is 1. The molecule has 0 radical (unpaired) electrons. The third kappa shape index (κ3) is 2.08. The van der Waals surface area contributed by atoms with Gasteiger partial charge in [0, 0.05) is 29.9 Å². The van der Waals surface area contributed by atoms with Crippen LogP contribution in [0, 0.1) is 0 Å². The maximum atomic E-state index is 12.0. The number of aromatic nitrogens is 1. The van der Waals surface area contributed by atoms with Gasteiger partial charge in [-0.25, -0.2) is 8.42 Å². The molecule has 0 aliphatic heterocycles. The van der Waals surface area contributed by atoms with Crippen LogP contribution in [0.2, 0.25) is 5.02 Å². The Morgan fingerprint density at radius 1 is 1.29 bits per heavy atom. The van der Waals surface area contributed by atoms with Crippen molar-refractivity contribution >= 4 is 32.3 Å². The highest BCUT2D eigenvalue weighted by Crippen LogP contribution is 2.18. The van der Waals surface area contributed by atoms with Gasteiger partial charge in [-0.1, -0.05) is 11.6 Å². The van der Waals surface area contributed by atoms with E-state index in [1.807, 2.05) is 0 Å². The van der Waals surface area contributed by atoms with Gasteiger partial charge in [0.2, 0.25) is 5.43 Å². The van der Waals surface area contributed by atoms with Crippen LogP contribution in [0.25, 0.3) is 10.9 Å². The maximum absolute atomic E-state index is 12.0. The second-order valence-corrected chi connectivity index (χ2v) is 6.29. The monoisotopic (exact) mass is 271 g/mol. The largest absolute Gasteiger partial charge is 0.349 e. The van der Waals surface area contributed by atoms with Gasteiger partial charge >= 0.3 is 0 Å². The Morgan fingerprint density at radius 3 is 2.53 bits per heavy atom. The lowest BCUT2D eigenvalue weighted by Crippen LogP contribution is -2.17. The van der Waals surface area contributed by atoms with Crippen LogP contribution >= 0.6 is 11.6 Å². The molecular weight excluding hydrogens is 262 g/mol. The highest BCUT2D eigenvalue weighted by Gasteiger charge is 2.15. The van der Waals surface area contributed by atoms with Crippen LogP contribution in [0.4, 0.5) is 0 Å². The lowest BCUT2D eigenvalue weighted by atomic mass is 10.2. The maximum Gasteiger partial charge on any atom is 0.208 e. The normalized spacial score (nSPS) is 11.9. The van der Waals surface area contributed by atoms with Crippen LogP contribution in [0.3, 0.4) is 0 Å². The van der Waals surface area contributed by atoms with Gasteiger partial charge in [-0.3, -0.25) is 4.79 Å². The molecule has 0 fully saturated rings. The fourth-order valence-electron chi connectivity index (χ4n) is 1.69. The molecule has 1 aromatic heterocycles. The third-order valence-electron chi connectivity index (χ3n) is 2.52. The van der Waals surface area contributed by atoms with Crippen molar-refractivity contribution in [1.82, 2.24) is 4.57 Å². The lowest BCUT2D eigenvalue weighted by molar-refractivity contribution is 0.600. The van der Waals surface area contributed by atoms with Crippen LogP contribution in [0.1, 0.15) is 0 Å². The van der Waals surface area contributed by atoms with E-state index in [4.69, 9.17) is 11.6 Å². The van der Waals surface area contributed by atoms with E-state index in [0.717, 1.165) is 6.26 Å². The van der Waals surface area contributed by atoms with E-state index in [9.17, 15) is 13.2 Å². The van der Waals surface area contributed by atoms with Gasteiger partial charge in [-0.05, 0) is 18.2 Å². The standard InChI is InChI=1S/C11H10ClNO3S/c1-13-6-10(17(2,15)16)11(14)8-4-3-7(12)5-9(8)13/h3-6H,1-2H3. The van der Waals surface area contributed by atoms with Gasteiger partial charge < -0.3 is 4.57 Å². The van der Waals surface area contributed by atoms with Crippen LogP contribution < -0.4 is 5.43 Å². The molecule has 17 heavy (non-hydrogen) atoms. The summed E-state index contributed by atoms with van der Waals surface area (Å²) in [7, 11) is -1.85. The number of sulfone groups is 1. The van der Waals surface area contributed by atoms with Crippen molar-refractivity contribution in [2.24, 2.45) is 7.05 Å². The molecule has 1 heterocycles. The Balaban J connectivity index is 3.02. The van der Waals surface area contributed by atoms with E-state index in [0.29, 0.717) is 15.9 Å². The molecule has 0 saturated carbocycles. The zero-order chi connectivity index (χ0) is 12.8.